The Balaban J connectivity index is 1.87. The summed E-state index contributed by atoms with van der Waals surface area (Å²) in [6.07, 6.45) is 0.155. The lowest BCUT2D eigenvalue weighted by atomic mass is 10.3. The zero-order chi connectivity index (χ0) is 12.3. The van der Waals surface area contributed by atoms with E-state index in [-0.39, 0.29) is 11.3 Å². The lowest BCUT2D eigenvalue weighted by Gasteiger charge is -2.29. The summed E-state index contributed by atoms with van der Waals surface area (Å²) in [5, 5.41) is 12.8. The second kappa shape index (κ2) is 5.65. The Kier molecular flexibility index (Phi) is 4.18. The van der Waals surface area contributed by atoms with Gasteiger partial charge in [-0.15, -0.1) is 0 Å². The predicted octanol–water partition coefficient (Wildman–Crippen LogP) is 1.41. The molecule has 1 aliphatic heterocycles. The fourth-order valence-electron chi connectivity index (χ4n) is 1.64. The fraction of sp³-hybridized carbons (Fsp3) is 0.600. The molecule has 1 saturated heterocycles. The van der Waals surface area contributed by atoms with Crippen LogP contribution in [0.15, 0.2) is 0 Å². The van der Waals surface area contributed by atoms with Gasteiger partial charge in [-0.05, 0) is 7.05 Å². The van der Waals surface area contributed by atoms with Gasteiger partial charge >= 0.3 is 0 Å². The maximum atomic E-state index is 8.76. The maximum Gasteiger partial charge on any atom is 0.185 e. The summed E-state index contributed by atoms with van der Waals surface area (Å²) in [5.74, 6) is 0. The minimum atomic E-state index is 0.155. The summed E-state index contributed by atoms with van der Waals surface area (Å²) in [7, 11) is 2.07. The molecule has 0 bridgehead atoms. The van der Waals surface area contributed by atoms with Crippen molar-refractivity contribution in [1.29, 1.82) is 5.26 Å². The Hall–Kier alpha value is -0.870. The molecule has 0 spiro atoms. The zero-order valence-electron chi connectivity index (χ0n) is 9.44. The third-order valence-corrected chi connectivity index (χ3v) is 3.81. The highest BCUT2D eigenvalue weighted by atomic mass is 35.5. The number of likely N-dealkylation sites (N-methyl/N-ethyl adjacent to an activating group) is 1. The molecule has 17 heavy (non-hydrogen) atoms. The fourth-order valence-corrected chi connectivity index (χ4v) is 2.59. The van der Waals surface area contributed by atoms with Gasteiger partial charge < -0.3 is 15.0 Å². The topological polar surface area (TPSA) is 61.2 Å². The van der Waals surface area contributed by atoms with Crippen LogP contribution in [0.25, 0.3) is 0 Å². The smallest absolute Gasteiger partial charge is 0.185 e. The van der Waals surface area contributed by atoms with Gasteiger partial charge in [0, 0.05) is 19.6 Å². The van der Waals surface area contributed by atoms with Gasteiger partial charge in [0.2, 0.25) is 0 Å². The number of nitriles is 1. The molecule has 2 rings (SSSR count). The Bertz CT molecular complexity index is 430. The van der Waals surface area contributed by atoms with Crippen LogP contribution >= 0.6 is 22.9 Å². The molecule has 0 radical (unpaired) electrons. The number of nitrogens with zero attached hydrogens (tertiary/aromatic N) is 3. The molecular weight excluding hydrogens is 260 g/mol. The molecule has 5 nitrogen and oxygen atoms in total. The number of rotatable bonds is 3. The summed E-state index contributed by atoms with van der Waals surface area (Å²) in [6.45, 7) is 3.30. The van der Waals surface area contributed by atoms with E-state index in [0.29, 0.717) is 16.6 Å². The van der Waals surface area contributed by atoms with Gasteiger partial charge in [-0.1, -0.05) is 22.9 Å². The van der Waals surface area contributed by atoms with Crippen LogP contribution in [0, 0.1) is 11.3 Å². The van der Waals surface area contributed by atoms with Gasteiger partial charge in [0.1, 0.15) is 10.9 Å². The molecule has 0 aliphatic carbocycles. The molecule has 92 valence electrons. The summed E-state index contributed by atoms with van der Waals surface area (Å²) >= 11 is 7.05. The standard InChI is InChI=1S/C10H13ClN4OS/c1-15-2-3-16-7(6-15)5-13-10-14-9(11)8(4-12)17-10/h7H,2-3,5-6H2,1H3,(H,13,14). The number of anilines is 1. The normalized spacial score (nSPS) is 21.1. The third kappa shape index (κ3) is 3.30. The van der Waals surface area contributed by atoms with Crippen molar-refractivity contribution in [2.45, 2.75) is 6.10 Å². The number of nitrogens with one attached hydrogen (secondary N) is 1. The first-order valence-corrected chi connectivity index (χ1v) is 6.49. The maximum absolute atomic E-state index is 8.76. The molecule has 0 amide bonds. The number of thiazole rings is 1. The van der Waals surface area contributed by atoms with E-state index < -0.39 is 0 Å². The van der Waals surface area contributed by atoms with Crippen molar-refractivity contribution >= 4 is 28.1 Å². The van der Waals surface area contributed by atoms with E-state index >= 15 is 0 Å². The first-order valence-electron chi connectivity index (χ1n) is 5.29. The lowest BCUT2D eigenvalue weighted by molar-refractivity contribution is -0.0117. The molecule has 0 saturated carbocycles. The SMILES string of the molecule is CN1CCOC(CNc2nc(Cl)c(C#N)s2)C1. The number of morpholine rings is 1. The van der Waals surface area contributed by atoms with Crippen LogP contribution in [0.2, 0.25) is 5.15 Å². The van der Waals surface area contributed by atoms with E-state index in [1.54, 1.807) is 0 Å². The predicted molar refractivity (Wildman–Crippen MR) is 67.6 cm³/mol. The molecule has 1 aromatic rings. The molecule has 1 aromatic heterocycles. The quantitative estimate of drug-likeness (QED) is 0.902. The second-order valence-electron chi connectivity index (χ2n) is 3.89. The van der Waals surface area contributed by atoms with Crippen molar-refractivity contribution in [3.8, 4) is 6.07 Å². The molecule has 1 N–H and O–H groups in total. The van der Waals surface area contributed by atoms with E-state index in [0.717, 1.165) is 19.7 Å². The van der Waals surface area contributed by atoms with E-state index in [2.05, 4.69) is 22.2 Å². The third-order valence-electron chi connectivity index (χ3n) is 2.51. The highest BCUT2D eigenvalue weighted by molar-refractivity contribution is 7.16. The van der Waals surface area contributed by atoms with Crippen molar-refractivity contribution in [2.75, 3.05) is 38.6 Å². The average Bonchev–Trinajstić information content (AvgIpc) is 2.67. The van der Waals surface area contributed by atoms with Crippen LogP contribution in [0.5, 0.6) is 0 Å². The van der Waals surface area contributed by atoms with Crippen molar-refractivity contribution in [3.63, 3.8) is 0 Å². The number of aromatic nitrogens is 1. The Morgan fingerprint density at radius 1 is 1.76 bits per heavy atom. The molecular formula is C10H13ClN4OS. The Morgan fingerprint density at radius 2 is 2.59 bits per heavy atom. The molecule has 2 heterocycles. The van der Waals surface area contributed by atoms with E-state index in [1.807, 2.05) is 6.07 Å². The average molecular weight is 273 g/mol. The van der Waals surface area contributed by atoms with Gasteiger partial charge in [-0.25, -0.2) is 4.98 Å². The Morgan fingerprint density at radius 3 is 3.24 bits per heavy atom. The molecule has 0 aromatic carbocycles. The monoisotopic (exact) mass is 272 g/mol. The lowest BCUT2D eigenvalue weighted by Crippen LogP contribution is -2.43. The van der Waals surface area contributed by atoms with Gasteiger partial charge in [0.25, 0.3) is 0 Å². The zero-order valence-corrected chi connectivity index (χ0v) is 11.0. The van der Waals surface area contributed by atoms with Crippen molar-refractivity contribution in [1.82, 2.24) is 9.88 Å². The van der Waals surface area contributed by atoms with Crippen molar-refractivity contribution in [2.24, 2.45) is 0 Å². The van der Waals surface area contributed by atoms with Gasteiger partial charge in [-0.3, -0.25) is 0 Å². The summed E-state index contributed by atoms with van der Waals surface area (Å²) in [6, 6.07) is 2.01. The summed E-state index contributed by atoms with van der Waals surface area (Å²) < 4.78 is 5.61. The van der Waals surface area contributed by atoms with Gasteiger partial charge in [0.15, 0.2) is 10.3 Å². The van der Waals surface area contributed by atoms with Crippen LogP contribution in [-0.2, 0) is 4.74 Å². The largest absolute Gasteiger partial charge is 0.374 e. The van der Waals surface area contributed by atoms with Crippen molar-refractivity contribution < 1.29 is 4.74 Å². The highest BCUT2D eigenvalue weighted by Gasteiger charge is 2.18. The summed E-state index contributed by atoms with van der Waals surface area (Å²) in [4.78, 5) is 6.73. The molecule has 1 fully saturated rings. The van der Waals surface area contributed by atoms with E-state index in [4.69, 9.17) is 21.6 Å². The second-order valence-corrected chi connectivity index (χ2v) is 5.24. The first-order chi connectivity index (χ1) is 8.19. The van der Waals surface area contributed by atoms with Crippen LogP contribution in [0.1, 0.15) is 4.88 Å². The molecule has 1 unspecified atom stereocenters. The van der Waals surface area contributed by atoms with Crippen LogP contribution in [0.4, 0.5) is 5.13 Å². The summed E-state index contributed by atoms with van der Waals surface area (Å²) in [5.41, 5.74) is 0. The van der Waals surface area contributed by atoms with Gasteiger partial charge in [0.05, 0.1) is 12.7 Å². The molecule has 7 heteroatoms. The van der Waals surface area contributed by atoms with E-state index in [1.165, 1.54) is 11.3 Å². The van der Waals surface area contributed by atoms with Crippen LogP contribution < -0.4 is 5.32 Å². The minimum absolute atomic E-state index is 0.155. The molecule has 1 atom stereocenters. The highest BCUT2D eigenvalue weighted by Crippen LogP contribution is 2.25. The molecule has 1 aliphatic rings. The number of ether oxygens (including phenoxy) is 1. The van der Waals surface area contributed by atoms with Crippen LogP contribution in [0.3, 0.4) is 0 Å². The Labute approximate surface area is 109 Å². The van der Waals surface area contributed by atoms with Crippen LogP contribution in [-0.4, -0.2) is 49.3 Å². The van der Waals surface area contributed by atoms with Crippen molar-refractivity contribution in [3.05, 3.63) is 10.0 Å². The van der Waals surface area contributed by atoms with E-state index in [9.17, 15) is 0 Å². The number of halogens is 1. The first kappa shape index (κ1) is 12.6. The number of hydrogen-bond acceptors (Lipinski definition) is 6. The number of hydrogen-bond donors (Lipinski definition) is 1. The minimum Gasteiger partial charge on any atom is -0.374 e. The van der Waals surface area contributed by atoms with Gasteiger partial charge in [-0.2, -0.15) is 5.26 Å².